The minimum absolute atomic E-state index is 0.102. The fourth-order valence-electron chi connectivity index (χ4n) is 5.46. The van der Waals surface area contributed by atoms with E-state index in [9.17, 15) is 16.8 Å². The number of hydrogen-bond acceptors (Lipinski definition) is 7. The molecule has 0 amide bonds. The lowest BCUT2D eigenvalue weighted by Gasteiger charge is -2.08. The van der Waals surface area contributed by atoms with Gasteiger partial charge in [-0.15, -0.1) is 0 Å². The largest absolute Gasteiger partial charge is 0.382 e. The molecule has 3 aromatic heterocycles. The average molecular weight is 634 g/mol. The summed E-state index contributed by atoms with van der Waals surface area (Å²) >= 11 is 0. The fraction of sp³-hybridized carbons (Fsp3) is 0.0588. The van der Waals surface area contributed by atoms with Crippen LogP contribution in [0.25, 0.3) is 44.3 Å². The number of nitrogens with two attached hydrogens (primary N) is 1. The van der Waals surface area contributed by atoms with Crippen molar-refractivity contribution in [2.75, 3.05) is 5.73 Å². The molecule has 0 bridgehead atoms. The highest BCUT2D eigenvalue weighted by atomic mass is 32.2. The van der Waals surface area contributed by atoms with Gasteiger partial charge in [-0.2, -0.15) is 0 Å². The van der Waals surface area contributed by atoms with E-state index < -0.39 is 20.0 Å². The lowest BCUT2D eigenvalue weighted by atomic mass is 10.1. The summed E-state index contributed by atoms with van der Waals surface area (Å²) in [5.74, 6) is 0.102. The monoisotopic (exact) mass is 633 g/mol. The van der Waals surface area contributed by atoms with Crippen molar-refractivity contribution in [3.05, 3.63) is 127 Å². The van der Waals surface area contributed by atoms with Crippen LogP contribution in [0.2, 0.25) is 0 Å². The lowest BCUT2D eigenvalue weighted by Crippen LogP contribution is -2.11. The molecule has 7 rings (SSSR count). The molecule has 3 heterocycles. The third-order valence-electron chi connectivity index (χ3n) is 7.84. The Morgan fingerprint density at radius 2 is 1.04 bits per heavy atom. The second kappa shape index (κ2) is 10.4. The first-order valence-corrected chi connectivity index (χ1v) is 16.9. The fourth-order valence-corrected chi connectivity index (χ4v) is 8.20. The molecule has 45 heavy (non-hydrogen) atoms. The van der Waals surface area contributed by atoms with Gasteiger partial charge in [-0.3, -0.25) is 0 Å². The molecule has 224 valence electrons. The minimum Gasteiger partial charge on any atom is -0.382 e. The summed E-state index contributed by atoms with van der Waals surface area (Å²) in [7, 11) is -7.90. The Kier molecular flexibility index (Phi) is 6.61. The van der Waals surface area contributed by atoms with Crippen LogP contribution in [-0.2, 0) is 20.0 Å². The topological polar surface area (TPSA) is 130 Å². The summed E-state index contributed by atoms with van der Waals surface area (Å²) < 4.78 is 57.6. The maximum absolute atomic E-state index is 13.8. The van der Waals surface area contributed by atoms with Crippen molar-refractivity contribution in [1.29, 1.82) is 0 Å². The van der Waals surface area contributed by atoms with Gasteiger partial charge in [0, 0.05) is 34.3 Å². The van der Waals surface area contributed by atoms with Gasteiger partial charge in [-0.05, 0) is 50.2 Å². The van der Waals surface area contributed by atoms with Crippen LogP contribution in [0.5, 0.6) is 0 Å². The van der Waals surface area contributed by atoms with Crippen LogP contribution in [0.1, 0.15) is 11.1 Å². The summed E-state index contributed by atoms with van der Waals surface area (Å²) in [6.07, 6.45) is 4.54. The predicted octanol–water partition coefficient (Wildman–Crippen LogP) is 6.39. The highest BCUT2D eigenvalue weighted by Crippen LogP contribution is 2.37. The number of nitrogen functional groups attached to an aromatic ring is 1. The number of aromatic nitrogens is 4. The second-order valence-corrected chi connectivity index (χ2v) is 14.5. The zero-order chi connectivity index (χ0) is 31.5. The minimum atomic E-state index is -3.96. The van der Waals surface area contributed by atoms with Crippen molar-refractivity contribution in [2.24, 2.45) is 0 Å². The molecule has 0 radical (unpaired) electrons. The van der Waals surface area contributed by atoms with Gasteiger partial charge < -0.3 is 5.73 Å². The number of fused-ring (bicyclic) bond motifs is 2. The van der Waals surface area contributed by atoms with Gasteiger partial charge in [-0.1, -0.05) is 71.8 Å². The zero-order valence-corrected chi connectivity index (χ0v) is 25.9. The summed E-state index contributed by atoms with van der Waals surface area (Å²) in [4.78, 5) is 9.60. The van der Waals surface area contributed by atoms with E-state index in [1.165, 1.54) is 26.5 Å². The standard InChI is InChI=1S/C34H27N5O4S2/c1-22-11-15-24(16-12-22)44(40,41)38-20-28(26-7-3-5-9-31(26)38)30-19-36-34(35)33(37-30)29-21-39(32-10-6-4-8-27(29)32)45(42,43)25-17-13-23(2)14-18-25/h3-21H,1-2H3,(H2,35,36). The van der Waals surface area contributed by atoms with Crippen LogP contribution >= 0.6 is 0 Å². The number of hydrogen-bond donors (Lipinski definition) is 1. The van der Waals surface area contributed by atoms with Crippen molar-refractivity contribution in [1.82, 2.24) is 17.9 Å². The number of benzene rings is 4. The van der Waals surface area contributed by atoms with Crippen LogP contribution < -0.4 is 5.73 Å². The van der Waals surface area contributed by atoms with Crippen LogP contribution in [0.3, 0.4) is 0 Å². The van der Waals surface area contributed by atoms with E-state index >= 15 is 0 Å². The normalized spacial score (nSPS) is 12.2. The molecular formula is C34H27N5O4S2. The van der Waals surface area contributed by atoms with E-state index in [0.29, 0.717) is 38.6 Å². The second-order valence-electron chi connectivity index (χ2n) is 10.8. The first-order chi connectivity index (χ1) is 21.6. The van der Waals surface area contributed by atoms with E-state index in [2.05, 4.69) is 4.98 Å². The van der Waals surface area contributed by atoms with Gasteiger partial charge in [0.1, 0.15) is 11.5 Å². The van der Waals surface area contributed by atoms with Crippen molar-refractivity contribution >= 4 is 47.7 Å². The molecule has 9 nitrogen and oxygen atoms in total. The molecular weight excluding hydrogens is 607 g/mol. The molecule has 0 saturated carbocycles. The van der Waals surface area contributed by atoms with E-state index in [1.807, 2.05) is 32.0 Å². The summed E-state index contributed by atoms with van der Waals surface area (Å²) in [5, 5.41) is 1.28. The highest BCUT2D eigenvalue weighted by molar-refractivity contribution is 7.90. The van der Waals surface area contributed by atoms with Gasteiger partial charge >= 0.3 is 0 Å². The van der Waals surface area contributed by atoms with E-state index in [1.54, 1.807) is 78.9 Å². The third-order valence-corrected chi connectivity index (χ3v) is 11.2. The predicted molar refractivity (Wildman–Crippen MR) is 176 cm³/mol. The van der Waals surface area contributed by atoms with Crippen molar-refractivity contribution in [3.63, 3.8) is 0 Å². The van der Waals surface area contributed by atoms with Gasteiger partial charge in [0.2, 0.25) is 0 Å². The Morgan fingerprint density at radius 3 is 1.56 bits per heavy atom. The molecule has 0 fully saturated rings. The SMILES string of the molecule is Cc1ccc(S(=O)(=O)n2cc(-c3cnc(N)c(-c4cn(S(=O)(=O)c5ccc(C)cc5)c5ccccc45)n3)c3ccccc32)cc1. The van der Waals surface area contributed by atoms with E-state index in [4.69, 9.17) is 10.7 Å². The summed E-state index contributed by atoms with van der Waals surface area (Å²) in [5.41, 5.74) is 10.9. The Balaban J connectivity index is 1.41. The van der Waals surface area contributed by atoms with Crippen LogP contribution in [-0.4, -0.2) is 34.7 Å². The lowest BCUT2D eigenvalue weighted by molar-refractivity contribution is 0.587. The molecule has 0 aliphatic heterocycles. The van der Waals surface area contributed by atoms with Crippen LogP contribution in [0.4, 0.5) is 5.82 Å². The van der Waals surface area contributed by atoms with Crippen LogP contribution in [0, 0.1) is 13.8 Å². The Bertz CT molecular complexity index is 2480. The zero-order valence-electron chi connectivity index (χ0n) is 24.3. The third kappa shape index (κ3) is 4.68. The molecule has 0 spiro atoms. The number of rotatable bonds is 6. The molecule has 2 N–H and O–H groups in total. The quantitative estimate of drug-likeness (QED) is 0.225. The first-order valence-electron chi connectivity index (χ1n) is 14.0. The summed E-state index contributed by atoms with van der Waals surface area (Å²) in [6.45, 7) is 3.79. The Morgan fingerprint density at radius 1 is 0.600 bits per heavy atom. The van der Waals surface area contributed by atoms with E-state index in [0.717, 1.165) is 11.1 Å². The molecule has 0 atom stereocenters. The van der Waals surface area contributed by atoms with Gasteiger partial charge in [0.05, 0.1) is 32.7 Å². The molecule has 11 heteroatoms. The van der Waals surface area contributed by atoms with Crippen molar-refractivity contribution in [2.45, 2.75) is 23.6 Å². The Labute approximate surface area is 260 Å². The molecule has 7 aromatic rings. The first kappa shape index (κ1) is 28.5. The van der Waals surface area contributed by atoms with Gasteiger partial charge in [-0.25, -0.2) is 34.7 Å². The number of para-hydroxylation sites is 2. The average Bonchev–Trinajstić information content (AvgIpc) is 3.62. The molecule has 0 aliphatic carbocycles. The van der Waals surface area contributed by atoms with Crippen molar-refractivity contribution in [3.8, 4) is 22.5 Å². The maximum Gasteiger partial charge on any atom is 0.268 e. The number of anilines is 1. The molecule has 0 unspecified atom stereocenters. The summed E-state index contributed by atoms with van der Waals surface area (Å²) in [6, 6.07) is 27.6. The van der Waals surface area contributed by atoms with E-state index in [-0.39, 0.29) is 21.3 Å². The highest BCUT2D eigenvalue weighted by Gasteiger charge is 2.25. The Hall–Kier alpha value is -5.26. The maximum atomic E-state index is 13.8. The molecule has 0 aliphatic rings. The number of aryl methyl sites for hydroxylation is 2. The van der Waals surface area contributed by atoms with Gasteiger partial charge in [0.15, 0.2) is 0 Å². The molecule has 0 saturated heterocycles. The van der Waals surface area contributed by atoms with Crippen molar-refractivity contribution < 1.29 is 16.8 Å². The number of nitrogens with zero attached hydrogens (tertiary/aromatic N) is 4. The smallest absolute Gasteiger partial charge is 0.268 e. The van der Waals surface area contributed by atoms with Gasteiger partial charge in [0.25, 0.3) is 20.0 Å². The van der Waals surface area contributed by atoms with Crippen LogP contribution in [0.15, 0.2) is 125 Å². The molecule has 4 aromatic carbocycles.